The van der Waals surface area contributed by atoms with E-state index in [0.29, 0.717) is 5.75 Å². The molecule has 0 saturated carbocycles. The fraction of sp³-hybridized carbons (Fsp3) is 0.0833. The van der Waals surface area contributed by atoms with Crippen molar-refractivity contribution in [3.63, 3.8) is 0 Å². The number of carboxylic acid groups (broad SMARTS) is 1. The summed E-state index contributed by atoms with van der Waals surface area (Å²) in [5.41, 5.74) is 2.80. The summed E-state index contributed by atoms with van der Waals surface area (Å²) >= 11 is 2.94. The Labute approximate surface area is 117 Å². The molecular formula is C12H9FN2O2S2. The van der Waals surface area contributed by atoms with Gasteiger partial charge in [0.2, 0.25) is 0 Å². The van der Waals surface area contributed by atoms with E-state index in [0.717, 1.165) is 16.0 Å². The van der Waals surface area contributed by atoms with Crippen LogP contribution in [0.4, 0.5) is 4.39 Å². The molecule has 2 rings (SSSR count). The van der Waals surface area contributed by atoms with Crippen molar-refractivity contribution in [3.8, 4) is 0 Å². The second kappa shape index (κ2) is 6.44. The SMILES string of the molecule is O=C(O)C=Cc1cc(CSc2nncs2)ccc1F. The van der Waals surface area contributed by atoms with E-state index in [1.54, 1.807) is 17.6 Å². The molecule has 0 aliphatic carbocycles. The molecule has 2 aromatic rings. The van der Waals surface area contributed by atoms with Crippen molar-refractivity contribution in [2.75, 3.05) is 0 Å². The molecule has 1 N–H and O–H groups in total. The molecule has 98 valence electrons. The Bertz CT molecular complexity index is 600. The van der Waals surface area contributed by atoms with Crippen molar-refractivity contribution in [3.05, 3.63) is 46.7 Å². The minimum absolute atomic E-state index is 0.262. The van der Waals surface area contributed by atoms with Gasteiger partial charge < -0.3 is 5.11 Å². The second-order valence-electron chi connectivity index (χ2n) is 3.52. The minimum Gasteiger partial charge on any atom is -0.478 e. The van der Waals surface area contributed by atoms with Gasteiger partial charge in [0.25, 0.3) is 0 Å². The number of carboxylic acids is 1. The first kappa shape index (κ1) is 13.7. The van der Waals surface area contributed by atoms with E-state index in [4.69, 9.17) is 5.11 Å². The predicted octanol–water partition coefficient (Wildman–Crippen LogP) is 3.07. The van der Waals surface area contributed by atoms with Crippen molar-refractivity contribution in [2.24, 2.45) is 0 Å². The lowest BCUT2D eigenvalue weighted by Crippen LogP contribution is -1.90. The standard InChI is InChI=1S/C12H9FN2O2S2/c13-10-3-1-8(5-9(10)2-4-11(16)17)6-18-12-15-14-7-19-12/h1-5,7H,6H2,(H,16,17). The zero-order chi connectivity index (χ0) is 13.7. The average Bonchev–Trinajstić information content (AvgIpc) is 2.89. The number of hydrogen-bond donors (Lipinski definition) is 1. The zero-order valence-corrected chi connectivity index (χ0v) is 11.2. The van der Waals surface area contributed by atoms with E-state index in [-0.39, 0.29) is 5.56 Å². The van der Waals surface area contributed by atoms with Crippen LogP contribution in [0.25, 0.3) is 6.08 Å². The largest absolute Gasteiger partial charge is 0.478 e. The Morgan fingerprint density at radius 2 is 2.37 bits per heavy atom. The van der Waals surface area contributed by atoms with E-state index in [9.17, 15) is 9.18 Å². The van der Waals surface area contributed by atoms with Crippen LogP contribution in [-0.2, 0) is 10.5 Å². The van der Waals surface area contributed by atoms with Gasteiger partial charge in [-0.2, -0.15) is 0 Å². The number of halogens is 1. The first-order valence-electron chi connectivity index (χ1n) is 5.23. The highest BCUT2D eigenvalue weighted by Gasteiger charge is 2.04. The summed E-state index contributed by atoms with van der Waals surface area (Å²) in [7, 11) is 0. The van der Waals surface area contributed by atoms with Gasteiger partial charge in [-0.1, -0.05) is 29.2 Å². The van der Waals surface area contributed by atoms with E-state index >= 15 is 0 Å². The highest BCUT2D eigenvalue weighted by atomic mass is 32.2. The lowest BCUT2D eigenvalue weighted by molar-refractivity contribution is -0.131. The molecule has 1 aromatic carbocycles. The van der Waals surface area contributed by atoms with Crippen LogP contribution in [0.3, 0.4) is 0 Å². The maximum atomic E-state index is 13.5. The van der Waals surface area contributed by atoms with Crippen LogP contribution >= 0.6 is 23.1 Å². The highest BCUT2D eigenvalue weighted by Crippen LogP contribution is 2.24. The van der Waals surface area contributed by atoms with Gasteiger partial charge in [0.15, 0.2) is 4.34 Å². The quantitative estimate of drug-likeness (QED) is 0.678. The Morgan fingerprint density at radius 3 is 3.05 bits per heavy atom. The molecule has 7 heteroatoms. The highest BCUT2D eigenvalue weighted by molar-refractivity contribution is 8.00. The molecule has 0 bridgehead atoms. The first-order valence-corrected chi connectivity index (χ1v) is 7.10. The number of aromatic nitrogens is 2. The topological polar surface area (TPSA) is 63.1 Å². The number of rotatable bonds is 5. The molecule has 0 aliphatic rings. The molecule has 0 amide bonds. The molecule has 0 spiro atoms. The number of nitrogens with zero attached hydrogens (tertiary/aromatic N) is 2. The van der Waals surface area contributed by atoms with Crippen LogP contribution in [0.5, 0.6) is 0 Å². The number of hydrogen-bond acceptors (Lipinski definition) is 5. The van der Waals surface area contributed by atoms with Gasteiger partial charge >= 0.3 is 5.97 Å². The van der Waals surface area contributed by atoms with Gasteiger partial charge in [-0.25, -0.2) is 9.18 Å². The van der Waals surface area contributed by atoms with Crippen LogP contribution in [0, 0.1) is 5.82 Å². The maximum Gasteiger partial charge on any atom is 0.328 e. The lowest BCUT2D eigenvalue weighted by atomic mass is 10.1. The van der Waals surface area contributed by atoms with Crippen LogP contribution in [0.1, 0.15) is 11.1 Å². The fourth-order valence-electron chi connectivity index (χ4n) is 1.34. The molecule has 0 radical (unpaired) electrons. The third kappa shape index (κ3) is 4.15. The number of thioether (sulfide) groups is 1. The zero-order valence-electron chi connectivity index (χ0n) is 9.62. The molecule has 19 heavy (non-hydrogen) atoms. The van der Waals surface area contributed by atoms with Gasteiger partial charge in [0, 0.05) is 17.4 Å². The Morgan fingerprint density at radius 1 is 1.53 bits per heavy atom. The van der Waals surface area contributed by atoms with Crippen molar-refractivity contribution in [1.29, 1.82) is 0 Å². The Kier molecular flexibility index (Phi) is 4.64. The summed E-state index contributed by atoms with van der Waals surface area (Å²) in [6.45, 7) is 0. The third-order valence-corrected chi connectivity index (χ3v) is 4.10. The number of carbonyl (C=O) groups is 1. The molecule has 1 heterocycles. The molecule has 0 atom stereocenters. The normalized spacial score (nSPS) is 11.0. The van der Waals surface area contributed by atoms with Gasteiger partial charge in [-0.3, -0.25) is 0 Å². The molecule has 0 fully saturated rings. The van der Waals surface area contributed by atoms with Crippen LogP contribution in [0.15, 0.2) is 34.1 Å². The fourth-order valence-corrected chi connectivity index (χ4v) is 2.77. The number of benzene rings is 1. The minimum atomic E-state index is -1.10. The molecule has 4 nitrogen and oxygen atoms in total. The van der Waals surface area contributed by atoms with Gasteiger partial charge in [-0.15, -0.1) is 10.2 Å². The van der Waals surface area contributed by atoms with E-state index in [2.05, 4.69) is 10.2 Å². The van der Waals surface area contributed by atoms with Gasteiger partial charge in [-0.05, 0) is 23.8 Å². The molecular weight excluding hydrogens is 287 g/mol. The third-order valence-electron chi connectivity index (χ3n) is 2.17. The number of aliphatic carboxylic acids is 1. The van der Waals surface area contributed by atoms with Crippen LogP contribution in [-0.4, -0.2) is 21.3 Å². The van der Waals surface area contributed by atoms with E-state index < -0.39 is 11.8 Å². The summed E-state index contributed by atoms with van der Waals surface area (Å²) in [6.07, 6.45) is 2.16. The van der Waals surface area contributed by atoms with Crippen molar-refractivity contribution >= 4 is 35.1 Å². The van der Waals surface area contributed by atoms with Crippen LogP contribution < -0.4 is 0 Å². The summed E-state index contributed by atoms with van der Waals surface area (Å²) in [5.74, 6) is -0.918. The smallest absolute Gasteiger partial charge is 0.328 e. The average molecular weight is 296 g/mol. The Balaban J connectivity index is 2.09. The van der Waals surface area contributed by atoms with Crippen LogP contribution in [0.2, 0.25) is 0 Å². The second-order valence-corrected chi connectivity index (χ2v) is 5.58. The van der Waals surface area contributed by atoms with Crippen molar-refractivity contribution in [1.82, 2.24) is 10.2 Å². The monoisotopic (exact) mass is 296 g/mol. The van der Waals surface area contributed by atoms with E-state index in [1.807, 2.05) is 0 Å². The molecule has 0 saturated heterocycles. The van der Waals surface area contributed by atoms with Gasteiger partial charge in [0.1, 0.15) is 11.3 Å². The summed E-state index contributed by atoms with van der Waals surface area (Å²) in [5, 5.41) is 16.2. The lowest BCUT2D eigenvalue weighted by Gasteiger charge is -2.02. The summed E-state index contributed by atoms with van der Waals surface area (Å²) in [4.78, 5) is 10.4. The predicted molar refractivity (Wildman–Crippen MR) is 72.5 cm³/mol. The van der Waals surface area contributed by atoms with Gasteiger partial charge in [0.05, 0.1) is 0 Å². The first-order chi connectivity index (χ1) is 9.15. The summed E-state index contributed by atoms with van der Waals surface area (Å²) in [6, 6.07) is 4.63. The van der Waals surface area contributed by atoms with Crippen molar-refractivity contribution in [2.45, 2.75) is 10.1 Å². The molecule has 0 aliphatic heterocycles. The molecule has 0 unspecified atom stereocenters. The summed E-state index contributed by atoms with van der Waals surface area (Å²) < 4.78 is 14.3. The van der Waals surface area contributed by atoms with Crippen molar-refractivity contribution < 1.29 is 14.3 Å². The molecule has 1 aromatic heterocycles. The van der Waals surface area contributed by atoms with E-state index in [1.165, 1.54) is 35.2 Å². The Hall–Kier alpha value is -1.73. The maximum absolute atomic E-state index is 13.5.